The molecule has 0 saturated heterocycles. The Bertz CT molecular complexity index is 379. The van der Waals surface area contributed by atoms with Crippen molar-refractivity contribution in [2.24, 2.45) is 0 Å². The molecule has 0 aliphatic rings. The minimum atomic E-state index is -1.34. The van der Waals surface area contributed by atoms with E-state index < -0.39 is 17.3 Å². The third-order valence-electron chi connectivity index (χ3n) is 2.02. The zero-order valence-electron chi connectivity index (χ0n) is 9.61. The summed E-state index contributed by atoms with van der Waals surface area (Å²) in [7, 11) is 0. The Balaban J connectivity index is 2.58. The molecule has 1 aromatic rings. The van der Waals surface area contributed by atoms with Crippen LogP contribution >= 0.6 is 0 Å². The van der Waals surface area contributed by atoms with E-state index in [2.05, 4.69) is 0 Å². The maximum Gasteiger partial charge on any atom is 0.342 e. The van der Waals surface area contributed by atoms with Gasteiger partial charge in [-0.05, 0) is 18.6 Å². The molecule has 0 aliphatic heterocycles. The summed E-state index contributed by atoms with van der Waals surface area (Å²) < 4.78 is 23.6. The molecule has 0 amide bonds. The van der Waals surface area contributed by atoms with Crippen molar-refractivity contribution in [1.82, 2.24) is 0 Å². The zero-order valence-corrected chi connectivity index (χ0v) is 9.61. The molecule has 4 nitrogen and oxygen atoms in total. The third-order valence-corrected chi connectivity index (χ3v) is 2.02. The molecule has 0 bridgehead atoms. The molecule has 0 saturated carbocycles. The fourth-order valence-electron chi connectivity index (χ4n) is 1.29. The van der Waals surface area contributed by atoms with Gasteiger partial charge < -0.3 is 14.6 Å². The van der Waals surface area contributed by atoms with E-state index in [0.29, 0.717) is 13.2 Å². The topological polar surface area (TPSA) is 55.8 Å². The highest BCUT2D eigenvalue weighted by Gasteiger charge is 2.16. The van der Waals surface area contributed by atoms with E-state index >= 15 is 0 Å². The van der Waals surface area contributed by atoms with Gasteiger partial charge in [0.05, 0.1) is 6.61 Å². The van der Waals surface area contributed by atoms with Crippen molar-refractivity contribution in [2.45, 2.75) is 13.3 Å². The van der Waals surface area contributed by atoms with Crippen molar-refractivity contribution in [1.29, 1.82) is 0 Å². The molecular weight excluding hydrogens is 227 g/mol. The number of benzene rings is 1. The second-order valence-electron chi connectivity index (χ2n) is 3.38. The lowest BCUT2D eigenvalue weighted by atomic mass is 10.2. The first kappa shape index (κ1) is 13.4. The van der Waals surface area contributed by atoms with E-state index in [1.165, 1.54) is 12.1 Å². The molecule has 5 heteroatoms. The Hall–Kier alpha value is -1.62. The first-order chi connectivity index (χ1) is 8.16. The van der Waals surface area contributed by atoms with Crippen molar-refractivity contribution in [3.8, 4) is 5.75 Å². The van der Waals surface area contributed by atoms with Crippen LogP contribution in [0.4, 0.5) is 4.39 Å². The molecule has 1 N–H and O–H groups in total. The van der Waals surface area contributed by atoms with E-state index in [9.17, 15) is 9.18 Å². The molecule has 1 aromatic carbocycles. The zero-order chi connectivity index (χ0) is 12.7. The van der Waals surface area contributed by atoms with Crippen molar-refractivity contribution < 1.29 is 23.8 Å². The van der Waals surface area contributed by atoms with Crippen molar-refractivity contribution in [2.75, 3.05) is 19.8 Å². The molecule has 0 aliphatic carbocycles. The number of hydrogen-bond donors (Lipinski definition) is 1. The highest BCUT2D eigenvalue weighted by molar-refractivity contribution is 5.91. The molecule has 0 fully saturated rings. The molecular formula is C12H15FO4. The normalized spacial score (nSPS) is 10.2. The van der Waals surface area contributed by atoms with Crippen LogP contribution in [-0.2, 0) is 4.74 Å². The van der Waals surface area contributed by atoms with Crippen LogP contribution in [0, 0.1) is 5.82 Å². The van der Waals surface area contributed by atoms with Crippen molar-refractivity contribution >= 4 is 5.97 Å². The predicted molar refractivity (Wildman–Crippen MR) is 60.0 cm³/mol. The van der Waals surface area contributed by atoms with E-state index in [1.54, 1.807) is 0 Å². The second kappa shape index (κ2) is 6.85. The summed E-state index contributed by atoms with van der Waals surface area (Å²) in [5.41, 5.74) is -0.442. The first-order valence-electron chi connectivity index (χ1n) is 5.39. The van der Waals surface area contributed by atoms with E-state index in [4.69, 9.17) is 14.6 Å². The smallest absolute Gasteiger partial charge is 0.342 e. The molecule has 94 valence electrons. The highest BCUT2D eigenvalue weighted by Crippen LogP contribution is 2.21. The average molecular weight is 242 g/mol. The van der Waals surface area contributed by atoms with Gasteiger partial charge in [0.2, 0.25) is 0 Å². The summed E-state index contributed by atoms with van der Waals surface area (Å²) in [6, 6.07) is 3.92. The highest BCUT2D eigenvalue weighted by atomic mass is 19.1. The van der Waals surface area contributed by atoms with Crippen LogP contribution in [0.1, 0.15) is 23.7 Å². The summed E-state index contributed by atoms with van der Waals surface area (Å²) in [6.45, 7) is 3.15. The molecule has 0 aromatic heterocycles. The summed E-state index contributed by atoms with van der Waals surface area (Å²) in [5.74, 6) is -2.12. The minimum Gasteiger partial charge on any atom is -0.490 e. The van der Waals surface area contributed by atoms with Crippen LogP contribution in [0.3, 0.4) is 0 Å². The number of ether oxygens (including phenoxy) is 2. The maximum atomic E-state index is 13.2. The Morgan fingerprint density at radius 1 is 1.35 bits per heavy atom. The predicted octanol–water partition coefficient (Wildman–Crippen LogP) is 2.33. The minimum absolute atomic E-state index is 0.0256. The number of halogens is 1. The molecule has 0 heterocycles. The van der Waals surface area contributed by atoms with Crippen LogP contribution in [0.15, 0.2) is 18.2 Å². The van der Waals surface area contributed by atoms with Crippen molar-refractivity contribution in [3.63, 3.8) is 0 Å². The SMILES string of the molecule is CCCOCCOc1cccc(F)c1C(=O)O. The number of hydrogen-bond acceptors (Lipinski definition) is 3. The lowest BCUT2D eigenvalue weighted by Crippen LogP contribution is -2.11. The molecule has 17 heavy (non-hydrogen) atoms. The number of rotatable bonds is 7. The molecule has 1 rings (SSSR count). The Kier molecular flexibility index (Phi) is 5.42. The summed E-state index contributed by atoms with van der Waals surface area (Å²) >= 11 is 0. The van der Waals surface area contributed by atoms with Gasteiger partial charge in [0.25, 0.3) is 0 Å². The number of carboxylic acid groups (broad SMARTS) is 1. The largest absolute Gasteiger partial charge is 0.490 e. The molecule has 0 unspecified atom stereocenters. The van der Waals surface area contributed by atoms with E-state index in [1.807, 2.05) is 6.92 Å². The van der Waals surface area contributed by atoms with Gasteiger partial charge in [-0.3, -0.25) is 0 Å². The summed E-state index contributed by atoms with van der Waals surface area (Å²) in [5, 5.41) is 8.84. The van der Waals surface area contributed by atoms with Gasteiger partial charge in [-0.1, -0.05) is 13.0 Å². The molecule has 0 radical (unpaired) electrons. The van der Waals surface area contributed by atoms with Crippen molar-refractivity contribution in [3.05, 3.63) is 29.6 Å². The molecule has 0 spiro atoms. The second-order valence-corrected chi connectivity index (χ2v) is 3.38. The quantitative estimate of drug-likeness (QED) is 0.745. The standard InChI is InChI=1S/C12H15FO4/c1-2-6-16-7-8-17-10-5-3-4-9(13)11(10)12(14)15/h3-5H,2,6-8H2,1H3,(H,14,15). The van der Waals surface area contributed by atoms with Gasteiger partial charge in [0.15, 0.2) is 0 Å². The fourth-order valence-corrected chi connectivity index (χ4v) is 1.29. The Morgan fingerprint density at radius 3 is 2.76 bits per heavy atom. The van der Waals surface area contributed by atoms with Gasteiger partial charge in [-0.2, -0.15) is 0 Å². The fraction of sp³-hybridized carbons (Fsp3) is 0.417. The van der Waals surface area contributed by atoms with Crippen LogP contribution in [0.2, 0.25) is 0 Å². The Morgan fingerprint density at radius 2 is 2.12 bits per heavy atom. The number of carboxylic acids is 1. The van der Waals surface area contributed by atoms with E-state index in [-0.39, 0.29) is 12.4 Å². The van der Waals surface area contributed by atoms with Gasteiger partial charge >= 0.3 is 5.97 Å². The van der Waals surface area contributed by atoms with Crippen LogP contribution in [0.5, 0.6) is 5.75 Å². The third kappa shape index (κ3) is 4.03. The Labute approximate surface area is 99.0 Å². The molecule has 0 atom stereocenters. The van der Waals surface area contributed by atoms with Crippen LogP contribution in [-0.4, -0.2) is 30.9 Å². The lowest BCUT2D eigenvalue weighted by molar-refractivity contribution is 0.0679. The number of carbonyl (C=O) groups is 1. The summed E-state index contributed by atoms with van der Waals surface area (Å²) in [6.07, 6.45) is 0.903. The van der Waals surface area contributed by atoms with Gasteiger partial charge in [-0.25, -0.2) is 9.18 Å². The van der Waals surface area contributed by atoms with Crippen LogP contribution in [0.25, 0.3) is 0 Å². The van der Waals surface area contributed by atoms with Gasteiger partial charge in [0.1, 0.15) is 23.7 Å². The monoisotopic (exact) mass is 242 g/mol. The lowest BCUT2D eigenvalue weighted by Gasteiger charge is -2.09. The van der Waals surface area contributed by atoms with Gasteiger partial charge in [0, 0.05) is 6.61 Å². The first-order valence-corrected chi connectivity index (χ1v) is 5.39. The average Bonchev–Trinajstić information content (AvgIpc) is 2.28. The summed E-state index contributed by atoms with van der Waals surface area (Å²) in [4.78, 5) is 10.8. The van der Waals surface area contributed by atoms with Crippen LogP contribution < -0.4 is 4.74 Å². The number of aromatic carboxylic acids is 1. The van der Waals surface area contributed by atoms with Gasteiger partial charge in [-0.15, -0.1) is 0 Å². The van der Waals surface area contributed by atoms with E-state index in [0.717, 1.165) is 12.5 Å². The maximum absolute atomic E-state index is 13.2.